The predicted octanol–water partition coefficient (Wildman–Crippen LogP) is 3.19. The fourth-order valence-electron chi connectivity index (χ4n) is 2.19. The highest BCUT2D eigenvalue weighted by atomic mass is 79.9. The summed E-state index contributed by atoms with van der Waals surface area (Å²) in [6, 6.07) is 4.63. The van der Waals surface area contributed by atoms with Gasteiger partial charge in [0.05, 0.1) is 10.5 Å². The molecule has 0 saturated heterocycles. The molecule has 2 atom stereocenters. The SMILES string of the molecule is CCC1Oc2c(Br)cc(C)cc2C1NC. The molecule has 3 heteroatoms. The van der Waals surface area contributed by atoms with Crippen LogP contribution in [-0.4, -0.2) is 13.2 Å². The molecule has 0 fully saturated rings. The van der Waals surface area contributed by atoms with Crippen LogP contribution in [-0.2, 0) is 0 Å². The van der Waals surface area contributed by atoms with E-state index in [2.05, 4.69) is 47.2 Å². The maximum absolute atomic E-state index is 5.94. The van der Waals surface area contributed by atoms with Crippen molar-refractivity contribution in [1.82, 2.24) is 5.32 Å². The summed E-state index contributed by atoms with van der Waals surface area (Å²) < 4.78 is 7.00. The molecular formula is C12H16BrNO. The van der Waals surface area contributed by atoms with Crippen molar-refractivity contribution >= 4 is 15.9 Å². The fraction of sp³-hybridized carbons (Fsp3) is 0.500. The molecule has 0 amide bonds. The van der Waals surface area contributed by atoms with E-state index in [0.29, 0.717) is 6.04 Å². The number of likely N-dealkylation sites (N-methyl/N-ethyl adjacent to an activating group) is 1. The van der Waals surface area contributed by atoms with E-state index >= 15 is 0 Å². The van der Waals surface area contributed by atoms with Crippen molar-refractivity contribution in [1.29, 1.82) is 0 Å². The molecule has 2 rings (SSSR count). The minimum atomic E-state index is 0.253. The van der Waals surface area contributed by atoms with Gasteiger partial charge in [0, 0.05) is 5.56 Å². The molecule has 1 N–H and O–H groups in total. The van der Waals surface area contributed by atoms with Crippen molar-refractivity contribution < 1.29 is 4.74 Å². The van der Waals surface area contributed by atoms with E-state index in [0.717, 1.165) is 16.6 Å². The van der Waals surface area contributed by atoms with Crippen molar-refractivity contribution in [2.75, 3.05) is 7.05 Å². The first kappa shape index (κ1) is 11.0. The zero-order valence-electron chi connectivity index (χ0n) is 9.30. The Kier molecular flexibility index (Phi) is 3.03. The van der Waals surface area contributed by atoms with Gasteiger partial charge in [-0.05, 0) is 48.0 Å². The molecule has 2 nitrogen and oxygen atoms in total. The molecule has 1 aromatic carbocycles. The summed E-state index contributed by atoms with van der Waals surface area (Å²) in [4.78, 5) is 0. The number of hydrogen-bond acceptors (Lipinski definition) is 2. The van der Waals surface area contributed by atoms with Crippen LogP contribution in [0.5, 0.6) is 5.75 Å². The van der Waals surface area contributed by atoms with Gasteiger partial charge in [-0.3, -0.25) is 0 Å². The standard InChI is InChI=1S/C12H16BrNO/c1-4-10-11(14-3)8-5-7(2)6-9(13)12(8)15-10/h5-6,10-11,14H,4H2,1-3H3. The number of benzene rings is 1. The minimum absolute atomic E-state index is 0.253. The number of hydrogen-bond donors (Lipinski definition) is 1. The number of fused-ring (bicyclic) bond motifs is 1. The molecule has 15 heavy (non-hydrogen) atoms. The van der Waals surface area contributed by atoms with Gasteiger partial charge in [-0.25, -0.2) is 0 Å². The topological polar surface area (TPSA) is 21.3 Å². The summed E-state index contributed by atoms with van der Waals surface area (Å²) in [6.45, 7) is 4.26. The zero-order valence-corrected chi connectivity index (χ0v) is 10.9. The number of rotatable bonds is 2. The number of aryl methyl sites for hydroxylation is 1. The summed E-state index contributed by atoms with van der Waals surface area (Å²) in [5.74, 6) is 1.01. The monoisotopic (exact) mass is 269 g/mol. The van der Waals surface area contributed by atoms with Gasteiger partial charge in [-0.15, -0.1) is 0 Å². The van der Waals surface area contributed by atoms with Crippen LogP contribution < -0.4 is 10.1 Å². The first-order valence-corrected chi connectivity index (χ1v) is 6.10. The molecule has 0 radical (unpaired) electrons. The summed E-state index contributed by atoms with van der Waals surface area (Å²) in [5.41, 5.74) is 2.54. The van der Waals surface area contributed by atoms with Crippen LogP contribution in [0.2, 0.25) is 0 Å². The highest BCUT2D eigenvalue weighted by Crippen LogP contribution is 2.43. The Morgan fingerprint density at radius 3 is 2.80 bits per heavy atom. The second-order valence-electron chi connectivity index (χ2n) is 4.00. The largest absolute Gasteiger partial charge is 0.487 e. The summed E-state index contributed by atoms with van der Waals surface area (Å²) in [7, 11) is 1.99. The molecule has 0 aromatic heterocycles. The van der Waals surface area contributed by atoms with E-state index in [1.54, 1.807) is 0 Å². The second kappa shape index (κ2) is 4.14. The highest BCUT2D eigenvalue weighted by molar-refractivity contribution is 9.10. The molecule has 1 aliphatic rings. The third-order valence-corrected chi connectivity index (χ3v) is 3.50. The van der Waals surface area contributed by atoms with Gasteiger partial charge < -0.3 is 10.1 Å². The Balaban J connectivity index is 2.47. The van der Waals surface area contributed by atoms with Gasteiger partial charge in [-0.1, -0.05) is 13.0 Å². The Morgan fingerprint density at radius 1 is 1.47 bits per heavy atom. The van der Waals surface area contributed by atoms with Crippen molar-refractivity contribution in [3.63, 3.8) is 0 Å². The maximum Gasteiger partial charge on any atom is 0.138 e. The first-order chi connectivity index (χ1) is 7.17. The van der Waals surface area contributed by atoms with E-state index in [1.165, 1.54) is 11.1 Å². The van der Waals surface area contributed by atoms with Crippen molar-refractivity contribution in [2.24, 2.45) is 0 Å². The fourth-order valence-corrected chi connectivity index (χ4v) is 2.87. The molecule has 1 heterocycles. The lowest BCUT2D eigenvalue weighted by Crippen LogP contribution is -2.27. The van der Waals surface area contributed by atoms with Gasteiger partial charge in [0.1, 0.15) is 11.9 Å². The van der Waals surface area contributed by atoms with Crippen LogP contribution in [0.15, 0.2) is 16.6 Å². The van der Waals surface area contributed by atoms with Crippen LogP contribution in [0.4, 0.5) is 0 Å². The first-order valence-electron chi connectivity index (χ1n) is 5.31. The summed E-state index contributed by atoms with van der Waals surface area (Å²) >= 11 is 3.56. The average Bonchev–Trinajstić information content (AvgIpc) is 2.55. The van der Waals surface area contributed by atoms with E-state index in [9.17, 15) is 0 Å². The average molecular weight is 270 g/mol. The molecule has 0 spiro atoms. The van der Waals surface area contributed by atoms with Gasteiger partial charge >= 0.3 is 0 Å². The van der Waals surface area contributed by atoms with Crippen molar-refractivity contribution in [3.8, 4) is 5.75 Å². The lowest BCUT2D eigenvalue weighted by Gasteiger charge is -2.16. The normalized spacial score (nSPS) is 23.7. The van der Waals surface area contributed by atoms with Gasteiger partial charge in [0.15, 0.2) is 0 Å². The van der Waals surface area contributed by atoms with E-state index in [1.807, 2.05) is 7.05 Å². The maximum atomic E-state index is 5.94. The van der Waals surface area contributed by atoms with Crippen LogP contribution >= 0.6 is 15.9 Å². The highest BCUT2D eigenvalue weighted by Gasteiger charge is 2.33. The Hall–Kier alpha value is -0.540. The van der Waals surface area contributed by atoms with Crippen LogP contribution in [0, 0.1) is 6.92 Å². The van der Waals surface area contributed by atoms with Crippen LogP contribution in [0.25, 0.3) is 0 Å². The molecule has 1 aliphatic heterocycles. The second-order valence-corrected chi connectivity index (χ2v) is 4.85. The zero-order chi connectivity index (χ0) is 11.0. The number of halogens is 1. The quantitative estimate of drug-likeness (QED) is 0.891. The predicted molar refractivity (Wildman–Crippen MR) is 65.4 cm³/mol. The van der Waals surface area contributed by atoms with Crippen LogP contribution in [0.1, 0.15) is 30.5 Å². The number of nitrogens with one attached hydrogen (secondary N) is 1. The molecule has 0 aliphatic carbocycles. The molecule has 82 valence electrons. The van der Waals surface area contributed by atoms with E-state index in [4.69, 9.17) is 4.74 Å². The lowest BCUT2D eigenvalue weighted by atomic mass is 10.0. The summed E-state index contributed by atoms with van der Waals surface area (Å²) in [6.07, 6.45) is 1.27. The smallest absolute Gasteiger partial charge is 0.138 e. The third-order valence-electron chi connectivity index (χ3n) is 2.91. The van der Waals surface area contributed by atoms with Gasteiger partial charge in [0.25, 0.3) is 0 Å². The Labute approximate surface area is 99.1 Å². The Bertz CT molecular complexity index is 378. The van der Waals surface area contributed by atoms with E-state index < -0.39 is 0 Å². The van der Waals surface area contributed by atoms with Gasteiger partial charge in [-0.2, -0.15) is 0 Å². The van der Waals surface area contributed by atoms with Crippen LogP contribution in [0.3, 0.4) is 0 Å². The van der Waals surface area contributed by atoms with Gasteiger partial charge in [0.2, 0.25) is 0 Å². The molecule has 2 unspecified atom stereocenters. The minimum Gasteiger partial charge on any atom is -0.487 e. The molecule has 0 saturated carbocycles. The summed E-state index contributed by atoms with van der Waals surface area (Å²) in [5, 5.41) is 3.33. The Morgan fingerprint density at radius 2 is 2.20 bits per heavy atom. The van der Waals surface area contributed by atoms with Crippen molar-refractivity contribution in [3.05, 3.63) is 27.7 Å². The van der Waals surface area contributed by atoms with Crippen molar-refractivity contribution in [2.45, 2.75) is 32.4 Å². The molecular weight excluding hydrogens is 254 g/mol. The molecule has 0 bridgehead atoms. The number of ether oxygens (including phenoxy) is 1. The molecule has 1 aromatic rings. The lowest BCUT2D eigenvalue weighted by molar-refractivity contribution is 0.188. The third kappa shape index (κ3) is 1.79. The van der Waals surface area contributed by atoms with E-state index in [-0.39, 0.29) is 6.10 Å².